The van der Waals surface area contributed by atoms with E-state index in [2.05, 4.69) is 0 Å². The maximum absolute atomic E-state index is 12.1. The van der Waals surface area contributed by atoms with Gasteiger partial charge in [-0.05, 0) is 42.6 Å². The fraction of sp³-hybridized carbons (Fsp3) is 0.267. The number of carbonyl (C=O) groups is 1. The zero-order valence-electron chi connectivity index (χ0n) is 12.2. The van der Waals surface area contributed by atoms with Gasteiger partial charge in [-0.1, -0.05) is 17.7 Å². The van der Waals surface area contributed by atoms with Gasteiger partial charge in [0.05, 0.1) is 6.61 Å². The molecule has 0 spiro atoms. The van der Waals surface area contributed by atoms with Crippen LogP contribution in [0.3, 0.4) is 0 Å². The number of nitro groups is 1. The van der Waals surface area contributed by atoms with Crippen molar-refractivity contribution in [2.45, 2.75) is 23.1 Å². The van der Waals surface area contributed by atoms with Crippen LogP contribution in [-0.2, 0) is 9.53 Å². The number of rotatable bonds is 7. The Labute approximate surface area is 146 Å². The molecule has 2 atom stereocenters. The minimum atomic E-state index is -1.46. The lowest BCUT2D eigenvalue weighted by atomic mass is 10.2. The standard InChI is InChI=1S/C15H14ClNO4S2/c1-2-21-15(18)13(17(19)20)14(12-4-3-9-22-12)23-11-7-5-10(16)6-8-11/h3-9,13-14H,2H2,1H3. The van der Waals surface area contributed by atoms with Crippen LogP contribution in [0.2, 0.25) is 5.02 Å². The van der Waals surface area contributed by atoms with Crippen molar-refractivity contribution in [2.24, 2.45) is 0 Å². The molecule has 0 saturated carbocycles. The first-order valence-corrected chi connectivity index (χ1v) is 8.92. The van der Waals surface area contributed by atoms with E-state index in [0.717, 1.165) is 9.77 Å². The molecule has 0 amide bonds. The zero-order valence-corrected chi connectivity index (χ0v) is 14.6. The molecule has 23 heavy (non-hydrogen) atoms. The normalized spacial score (nSPS) is 13.3. The molecule has 2 rings (SSSR count). The van der Waals surface area contributed by atoms with Crippen LogP contribution < -0.4 is 0 Å². The van der Waals surface area contributed by atoms with Crippen molar-refractivity contribution >= 4 is 40.7 Å². The van der Waals surface area contributed by atoms with Gasteiger partial charge in [0.15, 0.2) is 0 Å². The van der Waals surface area contributed by atoms with Gasteiger partial charge in [0.2, 0.25) is 0 Å². The van der Waals surface area contributed by atoms with E-state index in [1.165, 1.54) is 23.1 Å². The molecule has 1 aromatic carbocycles. The topological polar surface area (TPSA) is 69.4 Å². The van der Waals surface area contributed by atoms with E-state index in [1.807, 2.05) is 5.38 Å². The lowest BCUT2D eigenvalue weighted by Gasteiger charge is -2.18. The summed E-state index contributed by atoms with van der Waals surface area (Å²) in [6.45, 7) is 1.73. The Bertz CT molecular complexity index is 661. The highest BCUT2D eigenvalue weighted by Gasteiger charge is 2.42. The summed E-state index contributed by atoms with van der Waals surface area (Å²) < 4.78 is 4.89. The fourth-order valence-corrected chi connectivity index (χ4v) is 4.23. The van der Waals surface area contributed by atoms with Crippen LogP contribution in [-0.4, -0.2) is 23.5 Å². The third kappa shape index (κ3) is 4.70. The first-order chi connectivity index (χ1) is 11.0. The van der Waals surface area contributed by atoms with E-state index < -0.39 is 22.2 Å². The average Bonchev–Trinajstić information content (AvgIpc) is 3.02. The van der Waals surface area contributed by atoms with Gasteiger partial charge >= 0.3 is 12.0 Å². The number of hydrogen-bond acceptors (Lipinski definition) is 6. The van der Waals surface area contributed by atoms with Gasteiger partial charge in [0.25, 0.3) is 0 Å². The number of esters is 1. The molecule has 0 bridgehead atoms. The van der Waals surface area contributed by atoms with Gasteiger partial charge in [-0.3, -0.25) is 10.1 Å². The number of benzene rings is 1. The minimum Gasteiger partial charge on any atom is -0.461 e. The van der Waals surface area contributed by atoms with Crippen LogP contribution in [0, 0.1) is 10.1 Å². The highest BCUT2D eigenvalue weighted by Crippen LogP contribution is 2.41. The van der Waals surface area contributed by atoms with E-state index >= 15 is 0 Å². The van der Waals surface area contributed by atoms with Gasteiger partial charge in [-0.15, -0.1) is 23.1 Å². The number of nitrogens with zero attached hydrogens (tertiary/aromatic N) is 1. The fourth-order valence-electron chi connectivity index (χ4n) is 1.94. The summed E-state index contributed by atoms with van der Waals surface area (Å²) in [7, 11) is 0. The van der Waals surface area contributed by atoms with E-state index in [-0.39, 0.29) is 6.61 Å². The Balaban J connectivity index is 2.34. The summed E-state index contributed by atoms with van der Waals surface area (Å²) >= 11 is 8.49. The predicted molar refractivity (Wildman–Crippen MR) is 91.8 cm³/mol. The van der Waals surface area contributed by atoms with Crippen LogP contribution in [0.25, 0.3) is 0 Å². The largest absolute Gasteiger partial charge is 0.461 e. The van der Waals surface area contributed by atoms with E-state index in [9.17, 15) is 14.9 Å². The third-order valence-corrected chi connectivity index (χ3v) is 5.61. The molecular formula is C15H14ClNO4S2. The molecule has 5 nitrogen and oxygen atoms in total. The molecule has 2 unspecified atom stereocenters. The summed E-state index contributed by atoms with van der Waals surface area (Å²) in [5, 5.41) is 13.2. The highest BCUT2D eigenvalue weighted by molar-refractivity contribution is 7.99. The van der Waals surface area contributed by atoms with Crippen molar-refractivity contribution in [1.29, 1.82) is 0 Å². The van der Waals surface area contributed by atoms with Crippen LogP contribution >= 0.6 is 34.7 Å². The Kier molecular flexibility index (Phi) is 6.44. The third-order valence-electron chi connectivity index (χ3n) is 2.94. The van der Waals surface area contributed by atoms with Gasteiger partial charge in [-0.25, -0.2) is 4.79 Å². The quantitative estimate of drug-likeness (QED) is 0.311. The molecule has 0 fully saturated rings. The van der Waals surface area contributed by atoms with Crippen LogP contribution in [0.15, 0.2) is 46.7 Å². The van der Waals surface area contributed by atoms with E-state index in [0.29, 0.717) is 5.02 Å². The molecule has 0 N–H and O–H groups in total. The second-order valence-corrected chi connectivity index (χ2v) is 7.12. The lowest BCUT2D eigenvalue weighted by Crippen LogP contribution is -2.35. The van der Waals surface area contributed by atoms with Gasteiger partial charge in [-0.2, -0.15) is 0 Å². The van der Waals surface area contributed by atoms with E-state index in [4.69, 9.17) is 16.3 Å². The summed E-state index contributed by atoms with van der Waals surface area (Å²) in [4.78, 5) is 24.5. The molecule has 122 valence electrons. The molecule has 1 aromatic heterocycles. The SMILES string of the molecule is CCOC(=O)C(C(Sc1ccc(Cl)cc1)c1cccs1)[N+](=O)[O-]. The average molecular weight is 372 g/mol. The maximum Gasteiger partial charge on any atom is 0.383 e. The molecule has 0 radical (unpaired) electrons. The summed E-state index contributed by atoms with van der Waals surface area (Å²) in [6.07, 6.45) is 0. The van der Waals surface area contributed by atoms with Gasteiger partial charge < -0.3 is 4.74 Å². The Morgan fingerprint density at radius 3 is 2.61 bits per heavy atom. The molecule has 2 aromatic rings. The van der Waals surface area contributed by atoms with Crippen molar-refractivity contribution in [3.8, 4) is 0 Å². The number of hydrogen-bond donors (Lipinski definition) is 0. The van der Waals surface area contributed by atoms with Crippen molar-refractivity contribution in [1.82, 2.24) is 0 Å². The van der Waals surface area contributed by atoms with Crippen LogP contribution in [0.5, 0.6) is 0 Å². The first kappa shape index (κ1) is 17.8. The van der Waals surface area contributed by atoms with Gasteiger partial charge in [0, 0.05) is 19.7 Å². The smallest absolute Gasteiger partial charge is 0.383 e. The Morgan fingerprint density at radius 2 is 2.09 bits per heavy atom. The van der Waals surface area contributed by atoms with Crippen LogP contribution in [0.4, 0.5) is 0 Å². The van der Waals surface area contributed by atoms with Crippen molar-refractivity contribution in [2.75, 3.05) is 6.61 Å². The summed E-state index contributed by atoms with van der Waals surface area (Å²) in [5.41, 5.74) is 0. The number of carbonyl (C=O) groups excluding carboxylic acids is 1. The number of halogens is 1. The zero-order chi connectivity index (χ0) is 16.8. The number of ether oxygens (including phenoxy) is 1. The minimum absolute atomic E-state index is 0.103. The second kappa shape index (κ2) is 8.33. The monoisotopic (exact) mass is 371 g/mol. The molecule has 0 aliphatic rings. The first-order valence-electron chi connectivity index (χ1n) is 6.78. The van der Waals surface area contributed by atoms with Gasteiger partial charge in [0.1, 0.15) is 5.25 Å². The van der Waals surface area contributed by atoms with Crippen molar-refractivity contribution in [3.63, 3.8) is 0 Å². The molecule has 1 heterocycles. The molecule has 0 aliphatic carbocycles. The Hall–Kier alpha value is -1.57. The number of thioether (sulfide) groups is 1. The molecule has 0 saturated heterocycles. The second-order valence-electron chi connectivity index (χ2n) is 4.49. The highest BCUT2D eigenvalue weighted by atomic mass is 35.5. The molecular weight excluding hydrogens is 358 g/mol. The van der Waals surface area contributed by atoms with Crippen LogP contribution in [0.1, 0.15) is 17.1 Å². The predicted octanol–water partition coefficient (Wildman–Crippen LogP) is 4.44. The molecule has 8 heteroatoms. The summed E-state index contributed by atoms with van der Waals surface area (Å²) in [6, 6.07) is 9.09. The maximum atomic E-state index is 12.1. The Morgan fingerprint density at radius 1 is 1.39 bits per heavy atom. The summed E-state index contributed by atoms with van der Waals surface area (Å²) in [5.74, 6) is -0.822. The number of thiophene rings is 1. The van der Waals surface area contributed by atoms with Crippen molar-refractivity contribution < 1.29 is 14.5 Å². The van der Waals surface area contributed by atoms with Crippen molar-refractivity contribution in [3.05, 3.63) is 61.8 Å². The van der Waals surface area contributed by atoms with E-state index in [1.54, 1.807) is 43.3 Å². The molecule has 0 aliphatic heterocycles. The lowest BCUT2D eigenvalue weighted by molar-refractivity contribution is -0.510.